The summed E-state index contributed by atoms with van der Waals surface area (Å²) in [5.74, 6) is 0. The molecule has 4 unspecified atom stereocenters. The van der Waals surface area contributed by atoms with Gasteiger partial charge in [0.15, 0.2) is 15.7 Å². The minimum absolute atomic E-state index is 0.368. The summed E-state index contributed by atoms with van der Waals surface area (Å²) in [5.41, 5.74) is 1.87. The Kier molecular flexibility index (Phi) is 3.62. The Morgan fingerprint density at radius 1 is 1.35 bits per heavy atom. The van der Waals surface area contributed by atoms with Gasteiger partial charge >= 0.3 is 0 Å². The van der Waals surface area contributed by atoms with Crippen LogP contribution in [0.4, 0.5) is 0 Å². The summed E-state index contributed by atoms with van der Waals surface area (Å²) in [6.07, 6.45) is -2.48. The molecule has 0 bridgehead atoms. The molecule has 20 heavy (non-hydrogen) atoms. The summed E-state index contributed by atoms with van der Waals surface area (Å²) < 4.78 is 7.59. The van der Waals surface area contributed by atoms with Gasteiger partial charge < -0.3 is 20.1 Å². The number of ether oxygens (including phenoxy) is 1. The van der Waals surface area contributed by atoms with Crippen molar-refractivity contribution >= 4 is 33.8 Å². The average Bonchev–Trinajstić information content (AvgIpc) is 2.93. The normalized spacial score (nSPS) is 30.2. The molecule has 1 saturated heterocycles. The van der Waals surface area contributed by atoms with E-state index in [1.165, 1.54) is 6.33 Å². The van der Waals surface area contributed by atoms with Crippen LogP contribution in [-0.2, 0) is 4.74 Å². The molecule has 0 aromatic carbocycles. The highest BCUT2D eigenvalue weighted by Crippen LogP contribution is 2.31. The van der Waals surface area contributed by atoms with Gasteiger partial charge in [0, 0.05) is 22.6 Å². The molecular formula is C11H13IN4O4. The SMILES string of the molecule is Cc1nc(I)nc2c1ncn2C1OC(CO)C(O)C1O. The van der Waals surface area contributed by atoms with Gasteiger partial charge in [-0.2, -0.15) is 0 Å². The summed E-state index contributed by atoms with van der Waals surface area (Å²) in [6, 6.07) is 0. The van der Waals surface area contributed by atoms with Gasteiger partial charge in [0.05, 0.1) is 18.6 Å². The molecule has 0 amide bonds. The number of aromatic nitrogens is 4. The van der Waals surface area contributed by atoms with E-state index in [1.54, 1.807) is 4.57 Å². The smallest absolute Gasteiger partial charge is 0.193 e. The topological polar surface area (TPSA) is 114 Å². The molecule has 2 aromatic rings. The Morgan fingerprint density at radius 3 is 2.75 bits per heavy atom. The number of halogens is 1. The van der Waals surface area contributed by atoms with Crippen LogP contribution in [0.3, 0.4) is 0 Å². The number of hydrogen-bond acceptors (Lipinski definition) is 7. The van der Waals surface area contributed by atoms with E-state index in [0.29, 0.717) is 15.0 Å². The van der Waals surface area contributed by atoms with Crippen LogP contribution >= 0.6 is 22.6 Å². The Hall–Kier alpha value is -0.880. The number of aliphatic hydroxyl groups excluding tert-OH is 3. The number of aryl methyl sites for hydroxylation is 1. The minimum Gasteiger partial charge on any atom is -0.394 e. The summed E-state index contributed by atoms with van der Waals surface area (Å²) >= 11 is 2.00. The molecule has 9 heteroatoms. The van der Waals surface area contributed by atoms with Crippen molar-refractivity contribution in [3.63, 3.8) is 0 Å². The first-order valence-electron chi connectivity index (χ1n) is 6.02. The maximum absolute atomic E-state index is 10.0. The molecule has 3 N–H and O–H groups in total. The van der Waals surface area contributed by atoms with Gasteiger partial charge in [0.2, 0.25) is 0 Å². The Morgan fingerprint density at radius 2 is 2.10 bits per heavy atom. The lowest BCUT2D eigenvalue weighted by atomic mass is 10.1. The van der Waals surface area contributed by atoms with Crippen LogP contribution in [0.15, 0.2) is 6.33 Å². The molecule has 0 spiro atoms. The fraction of sp³-hybridized carbons (Fsp3) is 0.545. The second kappa shape index (κ2) is 5.15. The van der Waals surface area contributed by atoms with E-state index in [4.69, 9.17) is 9.84 Å². The summed E-state index contributed by atoms with van der Waals surface area (Å²) in [4.78, 5) is 12.7. The quantitative estimate of drug-likeness (QED) is 0.460. The van der Waals surface area contributed by atoms with Crippen molar-refractivity contribution in [3.8, 4) is 0 Å². The lowest BCUT2D eigenvalue weighted by Crippen LogP contribution is -2.33. The standard InChI is InChI=1S/C11H13IN4O4/c1-4-6-9(15-11(12)14-4)16(3-13-6)10-8(19)7(18)5(2-17)20-10/h3,5,7-8,10,17-19H,2H2,1H3. The highest BCUT2D eigenvalue weighted by molar-refractivity contribution is 14.1. The summed E-state index contributed by atoms with van der Waals surface area (Å²) in [7, 11) is 0. The third kappa shape index (κ3) is 2.09. The maximum atomic E-state index is 10.0. The molecule has 1 aliphatic heterocycles. The molecule has 0 radical (unpaired) electrons. The van der Waals surface area contributed by atoms with Crippen LogP contribution in [0.1, 0.15) is 11.9 Å². The Labute approximate surface area is 127 Å². The fourth-order valence-electron chi connectivity index (χ4n) is 2.32. The van der Waals surface area contributed by atoms with E-state index in [1.807, 2.05) is 29.5 Å². The van der Waals surface area contributed by atoms with E-state index < -0.39 is 24.5 Å². The van der Waals surface area contributed by atoms with Crippen molar-refractivity contribution in [2.75, 3.05) is 6.61 Å². The fourth-order valence-corrected chi connectivity index (χ4v) is 2.91. The second-order valence-electron chi connectivity index (χ2n) is 4.63. The Bertz CT molecular complexity index is 649. The van der Waals surface area contributed by atoms with Crippen LogP contribution < -0.4 is 0 Å². The van der Waals surface area contributed by atoms with E-state index in [-0.39, 0.29) is 6.61 Å². The zero-order chi connectivity index (χ0) is 14.4. The molecule has 0 saturated carbocycles. The molecule has 0 aliphatic carbocycles. The van der Waals surface area contributed by atoms with Gasteiger partial charge in [0.1, 0.15) is 23.8 Å². The van der Waals surface area contributed by atoms with E-state index in [9.17, 15) is 10.2 Å². The molecule has 3 rings (SSSR count). The minimum atomic E-state index is -1.16. The van der Waals surface area contributed by atoms with Gasteiger partial charge in [-0.3, -0.25) is 4.57 Å². The number of nitrogens with zero attached hydrogens (tertiary/aromatic N) is 4. The number of hydrogen-bond donors (Lipinski definition) is 3. The van der Waals surface area contributed by atoms with Crippen molar-refractivity contribution in [3.05, 3.63) is 15.9 Å². The monoisotopic (exact) mass is 392 g/mol. The largest absolute Gasteiger partial charge is 0.394 e. The molecule has 108 valence electrons. The van der Waals surface area contributed by atoms with Crippen LogP contribution in [0, 0.1) is 10.8 Å². The first kappa shape index (κ1) is 14.1. The first-order valence-corrected chi connectivity index (χ1v) is 7.10. The molecule has 8 nitrogen and oxygen atoms in total. The second-order valence-corrected chi connectivity index (χ2v) is 5.60. The molecule has 1 aliphatic rings. The van der Waals surface area contributed by atoms with Crippen molar-refractivity contribution in [2.24, 2.45) is 0 Å². The summed E-state index contributed by atoms with van der Waals surface area (Å²) in [6.45, 7) is 1.45. The first-order chi connectivity index (χ1) is 9.52. The molecule has 1 fully saturated rings. The van der Waals surface area contributed by atoms with Gasteiger partial charge in [-0.25, -0.2) is 15.0 Å². The molecular weight excluding hydrogens is 379 g/mol. The zero-order valence-electron chi connectivity index (χ0n) is 10.5. The lowest BCUT2D eigenvalue weighted by molar-refractivity contribution is -0.0511. The van der Waals surface area contributed by atoms with Gasteiger partial charge in [0.25, 0.3) is 0 Å². The summed E-state index contributed by atoms with van der Waals surface area (Å²) in [5, 5.41) is 29.0. The van der Waals surface area contributed by atoms with E-state index in [0.717, 1.165) is 5.69 Å². The van der Waals surface area contributed by atoms with Crippen LogP contribution in [0.5, 0.6) is 0 Å². The van der Waals surface area contributed by atoms with Crippen LogP contribution in [0.25, 0.3) is 11.2 Å². The predicted molar refractivity (Wildman–Crippen MR) is 75.8 cm³/mol. The molecule has 2 aromatic heterocycles. The van der Waals surface area contributed by atoms with E-state index in [2.05, 4.69) is 15.0 Å². The highest BCUT2D eigenvalue weighted by atomic mass is 127. The third-order valence-corrected chi connectivity index (χ3v) is 3.84. The lowest BCUT2D eigenvalue weighted by Gasteiger charge is -2.16. The third-order valence-electron chi connectivity index (χ3n) is 3.36. The van der Waals surface area contributed by atoms with Crippen LogP contribution in [-0.4, -0.2) is 59.8 Å². The highest BCUT2D eigenvalue weighted by Gasteiger charge is 2.43. The predicted octanol–water partition coefficient (Wildman–Crippen LogP) is -0.649. The van der Waals surface area contributed by atoms with Gasteiger partial charge in [-0.15, -0.1) is 0 Å². The van der Waals surface area contributed by atoms with Gasteiger partial charge in [-0.1, -0.05) is 0 Å². The number of aliphatic hydroxyl groups is 3. The Balaban J connectivity index is 2.07. The van der Waals surface area contributed by atoms with Gasteiger partial charge in [-0.05, 0) is 6.92 Å². The number of fused-ring (bicyclic) bond motifs is 1. The van der Waals surface area contributed by atoms with Crippen molar-refractivity contribution in [1.82, 2.24) is 19.5 Å². The maximum Gasteiger partial charge on any atom is 0.193 e. The van der Waals surface area contributed by atoms with Crippen molar-refractivity contribution in [2.45, 2.75) is 31.5 Å². The average molecular weight is 392 g/mol. The van der Waals surface area contributed by atoms with Crippen LogP contribution in [0.2, 0.25) is 0 Å². The van der Waals surface area contributed by atoms with Crippen molar-refractivity contribution in [1.29, 1.82) is 0 Å². The zero-order valence-corrected chi connectivity index (χ0v) is 12.7. The van der Waals surface area contributed by atoms with Crippen molar-refractivity contribution < 1.29 is 20.1 Å². The number of imidazole rings is 1. The van der Waals surface area contributed by atoms with E-state index >= 15 is 0 Å². The molecule has 3 heterocycles. The molecule has 4 atom stereocenters. The number of rotatable bonds is 2.